The van der Waals surface area contributed by atoms with E-state index in [1.807, 2.05) is 13.8 Å². The molecule has 0 spiro atoms. The van der Waals surface area contributed by atoms with Crippen molar-refractivity contribution in [1.82, 2.24) is 0 Å². The van der Waals surface area contributed by atoms with Crippen LogP contribution in [0, 0.1) is 11.3 Å². The zero-order valence-electron chi connectivity index (χ0n) is 14.7. The molecular weight excluding hydrogens is 324 g/mol. The first-order valence-corrected chi connectivity index (χ1v) is 8.51. The molecule has 0 heterocycles. The Bertz CT molecular complexity index is 742. The first kappa shape index (κ1) is 17.7. The average Bonchev–Trinajstić information content (AvgIpc) is 2.55. The maximum Gasteiger partial charge on any atom is 0.302 e. The van der Waals surface area contributed by atoms with Crippen molar-refractivity contribution in [2.75, 3.05) is 6.61 Å². The molecule has 6 heteroatoms. The molecule has 1 aromatic rings. The highest BCUT2D eigenvalue weighted by Gasteiger charge is 2.58. The van der Waals surface area contributed by atoms with Crippen LogP contribution in [0.5, 0.6) is 11.5 Å². The van der Waals surface area contributed by atoms with Crippen molar-refractivity contribution in [3.05, 3.63) is 23.3 Å². The number of ketones is 1. The summed E-state index contributed by atoms with van der Waals surface area (Å²) in [6.45, 7) is 5.39. The summed E-state index contributed by atoms with van der Waals surface area (Å²) in [5, 5.41) is 30.8. The number of benzene rings is 1. The summed E-state index contributed by atoms with van der Waals surface area (Å²) in [5.41, 5.74) is -0.595. The highest BCUT2D eigenvalue weighted by molar-refractivity contribution is 6.02. The number of esters is 1. The number of aromatic hydroxyl groups is 2. The van der Waals surface area contributed by atoms with Crippen molar-refractivity contribution in [2.24, 2.45) is 11.3 Å². The van der Waals surface area contributed by atoms with Crippen LogP contribution < -0.4 is 0 Å². The Balaban J connectivity index is 2.14. The number of Topliss-reactive ketones (excluding diaryl/α,β-unsaturated/α-hetero) is 1. The molecule has 3 N–H and O–H groups in total. The highest BCUT2D eigenvalue weighted by Crippen LogP contribution is 2.58. The summed E-state index contributed by atoms with van der Waals surface area (Å²) in [6, 6.07) is 2.95. The molecule has 136 valence electrons. The number of aliphatic hydroxyl groups excluding tert-OH is 1. The first-order valence-electron chi connectivity index (χ1n) is 8.51. The molecule has 0 bridgehead atoms. The van der Waals surface area contributed by atoms with Crippen LogP contribution in [-0.4, -0.2) is 39.8 Å². The van der Waals surface area contributed by atoms with Crippen molar-refractivity contribution in [2.45, 2.75) is 51.6 Å². The third-order valence-corrected chi connectivity index (χ3v) is 6.26. The second-order valence-electron chi connectivity index (χ2n) is 7.81. The Labute approximate surface area is 146 Å². The van der Waals surface area contributed by atoms with Crippen LogP contribution in [0.3, 0.4) is 0 Å². The molecule has 0 aliphatic heterocycles. The van der Waals surface area contributed by atoms with E-state index in [4.69, 9.17) is 4.74 Å². The fraction of sp³-hybridized carbons (Fsp3) is 0.579. The zero-order chi connectivity index (χ0) is 18.6. The van der Waals surface area contributed by atoms with Crippen molar-refractivity contribution in [3.63, 3.8) is 0 Å². The van der Waals surface area contributed by atoms with Gasteiger partial charge in [-0.1, -0.05) is 19.9 Å². The number of ether oxygens (including phenoxy) is 1. The zero-order valence-corrected chi connectivity index (χ0v) is 14.7. The van der Waals surface area contributed by atoms with Gasteiger partial charge in [0.05, 0.1) is 18.3 Å². The van der Waals surface area contributed by atoms with E-state index in [9.17, 15) is 24.9 Å². The fourth-order valence-corrected chi connectivity index (χ4v) is 4.76. The standard InChI is InChI=1S/C19H24O6/c1-10(20)25-9-18(2)7-6-15(23)19(3)11-4-5-12(21)17(24)16(11)13(22)8-14(18)19/h4-5,14-15,21,23-24H,6-9H2,1-3H3/t14-,15+,18-,19+/m0/s1. The number of hydrogen-bond acceptors (Lipinski definition) is 6. The molecule has 2 aliphatic carbocycles. The van der Waals surface area contributed by atoms with E-state index >= 15 is 0 Å². The van der Waals surface area contributed by atoms with Crippen LogP contribution in [0.2, 0.25) is 0 Å². The predicted octanol–water partition coefficient (Wildman–Crippen LogP) is 2.28. The Kier molecular flexibility index (Phi) is 4.06. The molecule has 0 amide bonds. The number of rotatable bonds is 2. The third-order valence-electron chi connectivity index (χ3n) is 6.26. The van der Waals surface area contributed by atoms with Crippen molar-refractivity contribution in [1.29, 1.82) is 0 Å². The van der Waals surface area contributed by atoms with Crippen LogP contribution >= 0.6 is 0 Å². The van der Waals surface area contributed by atoms with E-state index in [0.29, 0.717) is 18.4 Å². The summed E-state index contributed by atoms with van der Waals surface area (Å²) in [7, 11) is 0. The quantitative estimate of drug-likeness (QED) is 0.559. The van der Waals surface area contributed by atoms with Gasteiger partial charge in [-0.2, -0.15) is 0 Å². The minimum atomic E-state index is -0.776. The summed E-state index contributed by atoms with van der Waals surface area (Å²) in [6.07, 6.45) is 0.558. The van der Waals surface area contributed by atoms with E-state index in [2.05, 4.69) is 0 Å². The Morgan fingerprint density at radius 2 is 2.00 bits per heavy atom. The third kappa shape index (κ3) is 2.51. The molecule has 1 fully saturated rings. The number of fused-ring (bicyclic) bond motifs is 3. The number of carbonyl (C=O) groups is 2. The molecule has 0 saturated heterocycles. The lowest BCUT2D eigenvalue weighted by Crippen LogP contribution is -2.58. The molecule has 0 aromatic heterocycles. The molecular formula is C19H24O6. The second kappa shape index (κ2) is 5.73. The predicted molar refractivity (Wildman–Crippen MR) is 89.5 cm³/mol. The van der Waals surface area contributed by atoms with Crippen molar-refractivity contribution < 1.29 is 29.6 Å². The lowest BCUT2D eigenvalue weighted by molar-refractivity contribution is -0.151. The molecule has 3 rings (SSSR count). The monoisotopic (exact) mass is 348 g/mol. The molecule has 6 nitrogen and oxygen atoms in total. The molecule has 25 heavy (non-hydrogen) atoms. The summed E-state index contributed by atoms with van der Waals surface area (Å²) in [5.74, 6) is -1.66. The average molecular weight is 348 g/mol. The van der Waals surface area contributed by atoms with Gasteiger partial charge in [0.1, 0.15) is 0 Å². The van der Waals surface area contributed by atoms with Gasteiger partial charge in [-0.3, -0.25) is 9.59 Å². The summed E-state index contributed by atoms with van der Waals surface area (Å²) in [4.78, 5) is 24.0. The van der Waals surface area contributed by atoms with Crippen molar-refractivity contribution in [3.8, 4) is 11.5 Å². The topological polar surface area (TPSA) is 104 Å². The second-order valence-corrected chi connectivity index (χ2v) is 7.81. The van der Waals surface area contributed by atoms with Crippen LogP contribution in [0.4, 0.5) is 0 Å². The first-order chi connectivity index (χ1) is 11.6. The molecule has 4 atom stereocenters. The van der Waals surface area contributed by atoms with E-state index in [1.54, 1.807) is 6.07 Å². The number of carbonyl (C=O) groups excluding carboxylic acids is 2. The molecule has 2 aliphatic rings. The van der Waals surface area contributed by atoms with Crippen molar-refractivity contribution >= 4 is 11.8 Å². The van der Waals surface area contributed by atoms with Crippen LogP contribution in [0.15, 0.2) is 12.1 Å². The molecule has 1 aromatic carbocycles. The normalized spacial score (nSPS) is 34.2. The molecule has 0 unspecified atom stereocenters. The highest BCUT2D eigenvalue weighted by atomic mass is 16.5. The fourth-order valence-electron chi connectivity index (χ4n) is 4.76. The van der Waals surface area contributed by atoms with E-state index in [-0.39, 0.29) is 42.0 Å². The minimum Gasteiger partial charge on any atom is -0.504 e. The minimum absolute atomic E-state index is 0.0922. The summed E-state index contributed by atoms with van der Waals surface area (Å²) >= 11 is 0. The summed E-state index contributed by atoms with van der Waals surface area (Å²) < 4.78 is 5.26. The number of aliphatic hydroxyl groups is 1. The Hall–Kier alpha value is -2.08. The van der Waals surface area contributed by atoms with Gasteiger partial charge in [-0.25, -0.2) is 0 Å². The number of phenolic OH excluding ortho intramolecular Hbond substituents is 2. The van der Waals surface area contributed by atoms with Crippen LogP contribution in [-0.2, 0) is 14.9 Å². The lowest BCUT2D eigenvalue weighted by atomic mass is 9.48. The Morgan fingerprint density at radius 1 is 1.32 bits per heavy atom. The van der Waals surface area contributed by atoms with E-state index in [1.165, 1.54) is 13.0 Å². The SMILES string of the molecule is CC(=O)OC[C@]1(C)CC[C@@H](O)[C@]2(C)c3ccc(O)c(O)c3C(=O)C[C@@H]12. The van der Waals surface area contributed by atoms with Gasteiger partial charge in [0.25, 0.3) is 0 Å². The number of hydrogen-bond donors (Lipinski definition) is 3. The van der Waals surface area contributed by atoms with E-state index < -0.39 is 22.7 Å². The van der Waals surface area contributed by atoms with Gasteiger partial charge in [0, 0.05) is 24.2 Å². The lowest BCUT2D eigenvalue weighted by Gasteiger charge is -2.56. The maximum atomic E-state index is 12.7. The molecule has 1 saturated carbocycles. The molecule has 0 radical (unpaired) electrons. The van der Waals surface area contributed by atoms with Gasteiger partial charge in [0.15, 0.2) is 17.3 Å². The van der Waals surface area contributed by atoms with Gasteiger partial charge < -0.3 is 20.1 Å². The van der Waals surface area contributed by atoms with Gasteiger partial charge >= 0.3 is 5.97 Å². The smallest absolute Gasteiger partial charge is 0.302 e. The van der Waals surface area contributed by atoms with Gasteiger partial charge in [-0.05, 0) is 30.4 Å². The largest absolute Gasteiger partial charge is 0.504 e. The number of phenols is 2. The van der Waals surface area contributed by atoms with Crippen LogP contribution in [0.1, 0.15) is 56.0 Å². The Morgan fingerprint density at radius 3 is 2.64 bits per heavy atom. The van der Waals surface area contributed by atoms with Gasteiger partial charge in [-0.15, -0.1) is 0 Å². The van der Waals surface area contributed by atoms with E-state index in [0.717, 1.165) is 0 Å². The van der Waals surface area contributed by atoms with Crippen LogP contribution in [0.25, 0.3) is 0 Å². The maximum absolute atomic E-state index is 12.7. The van der Waals surface area contributed by atoms with Gasteiger partial charge in [0.2, 0.25) is 0 Å².